The number of hydrogen-bond donors (Lipinski definition) is 0. The van der Waals surface area contributed by atoms with Crippen molar-refractivity contribution in [2.24, 2.45) is 16.9 Å². The monoisotopic (exact) mass is 415 g/mol. The molecule has 4 aliphatic heterocycles. The molecule has 2 saturated heterocycles. The lowest BCUT2D eigenvalue weighted by Gasteiger charge is -2.30. The fraction of sp³-hybridized carbons (Fsp3) is 0.217. The van der Waals surface area contributed by atoms with Gasteiger partial charge in [-0.25, -0.2) is 4.90 Å². The minimum Gasteiger partial charge on any atom is -0.454 e. The van der Waals surface area contributed by atoms with Crippen molar-refractivity contribution in [1.82, 2.24) is 5.01 Å². The van der Waals surface area contributed by atoms with Gasteiger partial charge in [0.15, 0.2) is 17.3 Å². The number of amides is 2. The first-order valence-electron chi connectivity index (χ1n) is 10.0. The molecule has 2 amide bonds. The first-order valence-corrected chi connectivity index (χ1v) is 10.0. The van der Waals surface area contributed by atoms with Gasteiger partial charge in [-0.2, -0.15) is 5.10 Å². The number of carbonyl (C=O) groups excluding carboxylic acids is 3. The van der Waals surface area contributed by atoms with Crippen LogP contribution in [0.2, 0.25) is 0 Å². The number of nitrogens with zero attached hydrogens (tertiary/aromatic N) is 3. The lowest BCUT2D eigenvalue weighted by Crippen LogP contribution is -2.46. The Kier molecular flexibility index (Phi) is 3.77. The highest BCUT2D eigenvalue weighted by Gasteiger charge is 2.64. The molecule has 8 nitrogen and oxygen atoms in total. The van der Waals surface area contributed by atoms with Gasteiger partial charge in [0, 0.05) is 17.8 Å². The first-order chi connectivity index (χ1) is 15.1. The van der Waals surface area contributed by atoms with E-state index in [4.69, 9.17) is 9.47 Å². The SMILES string of the molecule is O=C(c1ccccc1)[C@@H]1[C@@H]2C(=O)N(c3ccc4c(c3)OCO4)C(=O)[C@@H]2[C@H]2C=CC=NN21. The Morgan fingerprint density at radius 1 is 0.968 bits per heavy atom. The maximum atomic E-state index is 13.6. The van der Waals surface area contributed by atoms with Crippen LogP contribution in [0.5, 0.6) is 11.5 Å². The smallest absolute Gasteiger partial charge is 0.240 e. The van der Waals surface area contributed by atoms with Crippen molar-refractivity contribution in [2.45, 2.75) is 12.1 Å². The molecule has 2 aromatic carbocycles. The minimum atomic E-state index is -0.853. The number of Topliss-reactive ketones (excluding diaryl/α,β-unsaturated/α-hetero) is 1. The standard InChI is InChI=1S/C23H17N3O5/c27-21(13-5-2-1-3-6-13)20-19-18(15-7-4-10-24-26(15)20)22(28)25(23(19)29)14-8-9-16-17(11-14)31-12-30-16/h1-11,15,18-20H,12H2/t15-,18-,19-,20+/m1/s1. The van der Waals surface area contributed by atoms with E-state index in [0.717, 1.165) is 0 Å². The Morgan fingerprint density at radius 3 is 2.58 bits per heavy atom. The summed E-state index contributed by atoms with van der Waals surface area (Å²) in [4.78, 5) is 41.6. The number of rotatable bonds is 3. The number of ether oxygens (including phenoxy) is 2. The molecule has 2 fully saturated rings. The summed E-state index contributed by atoms with van der Waals surface area (Å²) in [5.74, 6) is -1.43. The van der Waals surface area contributed by atoms with E-state index in [1.165, 1.54) is 4.90 Å². The predicted octanol–water partition coefficient (Wildman–Crippen LogP) is 2.01. The van der Waals surface area contributed by atoms with Crippen molar-refractivity contribution in [3.8, 4) is 11.5 Å². The molecule has 0 aromatic heterocycles. The van der Waals surface area contributed by atoms with Gasteiger partial charge < -0.3 is 9.47 Å². The zero-order chi connectivity index (χ0) is 21.1. The number of benzene rings is 2. The summed E-state index contributed by atoms with van der Waals surface area (Å²) < 4.78 is 10.7. The average Bonchev–Trinajstić information content (AvgIpc) is 3.47. The minimum absolute atomic E-state index is 0.0966. The largest absolute Gasteiger partial charge is 0.454 e. The average molecular weight is 415 g/mol. The highest BCUT2D eigenvalue weighted by molar-refractivity contribution is 6.24. The van der Waals surface area contributed by atoms with Gasteiger partial charge in [-0.05, 0) is 18.2 Å². The number of allylic oxidation sites excluding steroid dienone is 1. The van der Waals surface area contributed by atoms with Crippen molar-refractivity contribution in [3.05, 3.63) is 66.2 Å². The number of anilines is 1. The molecule has 4 aliphatic rings. The Hall–Kier alpha value is -3.94. The zero-order valence-electron chi connectivity index (χ0n) is 16.3. The van der Waals surface area contributed by atoms with E-state index in [2.05, 4.69) is 5.10 Å². The first kappa shape index (κ1) is 17.9. The lowest BCUT2D eigenvalue weighted by molar-refractivity contribution is -0.123. The Labute approximate surface area is 177 Å². The van der Waals surface area contributed by atoms with Crippen LogP contribution in [-0.4, -0.2) is 47.7 Å². The van der Waals surface area contributed by atoms with Gasteiger partial charge in [-0.3, -0.25) is 19.4 Å². The number of imide groups is 1. The normalized spacial score (nSPS) is 27.6. The lowest BCUT2D eigenvalue weighted by atomic mass is 9.86. The van der Waals surface area contributed by atoms with Crippen LogP contribution in [0, 0.1) is 11.8 Å². The van der Waals surface area contributed by atoms with Crippen LogP contribution in [0.15, 0.2) is 65.8 Å². The van der Waals surface area contributed by atoms with Crippen LogP contribution in [0.3, 0.4) is 0 Å². The van der Waals surface area contributed by atoms with Crippen LogP contribution < -0.4 is 14.4 Å². The number of ketones is 1. The molecule has 154 valence electrons. The highest BCUT2D eigenvalue weighted by atomic mass is 16.7. The molecule has 6 rings (SSSR count). The third-order valence-electron chi connectivity index (χ3n) is 6.23. The van der Waals surface area contributed by atoms with E-state index in [0.29, 0.717) is 22.7 Å². The molecular formula is C23H17N3O5. The van der Waals surface area contributed by atoms with E-state index in [1.54, 1.807) is 59.8 Å². The summed E-state index contributed by atoms with van der Waals surface area (Å²) >= 11 is 0. The van der Waals surface area contributed by atoms with Crippen LogP contribution in [0.25, 0.3) is 0 Å². The predicted molar refractivity (Wildman–Crippen MR) is 110 cm³/mol. The Balaban J connectivity index is 1.42. The summed E-state index contributed by atoms with van der Waals surface area (Å²) in [5.41, 5.74) is 0.896. The summed E-state index contributed by atoms with van der Waals surface area (Å²) in [5, 5.41) is 5.97. The van der Waals surface area contributed by atoms with Crippen molar-refractivity contribution in [2.75, 3.05) is 11.7 Å². The number of fused-ring (bicyclic) bond motifs is 4. The van der Waals surface area contributed by atoms with E-state index < -0.39 is 29.8 Å². The fourth-order valence-electron chi connectivity index (χ4n) is 4.89. The summed E-state index contributed by atoms with van der Waals surface area (Å²) in [6, 6.07) is 12.5. The molecular weight excluding hydrogens is 398 g/mol. The number of hydrogen-bond acceptors (Lipinski definition) is 7. The topological polar surface area (TPSA) is 88.5 Å². The maximum absolute atomic E-state index is 13.6. The molecule has 31 heavy (non-hydrogen) atoms. The molecule has 0 N–H and O–H groups in total. The zero-order valence-corrected chi connectivity index (χ0v) is 16.3. The van der Waals surface area contributed by atoms with Crippen molar-refractivity contribution in [1.29, 1.82) is 0 Å². The number of hydrazone groups is 1. The van der Waals surface area contributed by atoms with E-state index in [1.807, 2.05) is 12.1 Å². The molecule has 0 bridgehead atoms. The van der Waals surface area contributed by atoms with Crippen LogP contribution >= 0.6 is 0 Å². The molecule has 2 aromatic rings. The molecule has 8 heteroatoms. The second-order valence-corrected chi connectivity index (χ2v) is 7.80. The third kappa shape index (κ3) is 2.48. The van der Waals surface area contributed by atoms with Gasteiger partial charge in [0.1, 0.15) is 6.04 Å². The second-order valence-electron chi connectivity index (χ2n) is 7.80. The van der Waals surface area contributed by atoms with Gasteiger partial charge in [-0.15, -0.1) is 0 Å². The van der Waals surface area contributed by atoms with E-state index in [-0.39, 0.29) is 18.5 Å². The van der Waals surface area contributed by atoms with Crippen LogP contribution in [0.4, 0.5) is 5.69 Å². The highest BCUT2D eigenvalue weighted by Crippen LogP contribution is 2.47. The van der Waals surface area contributed by atoms with Crippen molar-refractivity contribution >= 4 is 29.5 Å². The molecule has 0 radical (unpaired) electrons. The van der Waals surface area contributed by atoms with Gasteiger partial charge >= 0.3 is 0 Å². The molecule has 0 unspecified atom stereocenters. The molecule has 0 saturated carbocycles. The Bertz CT molecular complexity index is 1170. The third-order valence-corrected chi connectivity index (χ3v) is 6.23. The van der Waals surface area contributed by atoms with Crippen LogP contribution in [-0.2, 0) is 9.59 Å². The summed E-state index contributed by atoms with van der Waals surface area (Å²) in [7, 11) is 0. The van der Waals surface area contributed by atoms with Gasteiger partial charge in [-0.1, -0.05) is 36.4 Å². The fourth-order valence-corrected chi connectivity index (χ4v) is 4.89. The van der Waals surface area contributed by atoms with E-state index in [9.17, 15) is 14.4 Å². The van der Waals surface area contributed by atoms with Crippen LogP contribution in [0.1, 0.15) is 10.4 Å². The molecule has 4 heterocycles. The summed E-state index contributed by atoms with van der Waals surface area (Å²) in [6.45, 7) is 0.0966. The summed E-state index contributed by atoms with van der Waals surface area (Å²) in [6.07, 6.45) is 5.15. The van der Waals surface area contributed by atoms with Gasteiger partial charge in [0.25, 0.3) is 0 Å². The van der Waals surface area contributed by atoms with E-state index >= 15 is 0 Å². The maximum Gasteiger partial charge on any atom is 0.240 e. The quantitative estimate of drug-likeness (QED) is 0.563. The van der Waals surface area contributed by atoms with Crippen molar-refractivity contribution in [3.63, 3.8) is 0 Å². The Morgan fingerprint density at radius 2 is 1.74 bits per heavy atom. The van der Waals surface area contributed by atoms with Crippen molar-refractivity contribution < 1.29 is 23.9 Å². The molecule has 0 aliphatic carbocycles. The van der Waals surface area contributed by atoms with Gasteiger partial charge in [0.05, 0.1) is 23.6 Å². The second kappa shape index (κ2) is 6.53. The molecule has 0 spiro atoms. The number of carbonyl (C=O) groups is 3. The molecule has 4 atom stereocenters. The van der Waals surface area contributed by atoms with Gasteiger partial charge in [0.2, 0.25) is 18.6 Å².